The quantitative estimate of drug-likeness (QED) is 0.154. The average molecular weight is 740 g/mol. The molecule has 0 atom stereocenters. The van der Waals surface area contributed by atoms with Crippen molar-refractivity contribution >= 4 is 49.4 Å². The zero-order valence-corrected chi connectivity index (χ0v) is 32.7. The SMILES string of the molecule is CC1(C)c2ccccc2-c2ccc(N(c3ccc(-c4cccc5ccccc45)cc3)c3ccc(-c4cccc5c4ccc4ccccc45)cc3-c3ccccc3)cc21. The largest absolute Gasteiger partial charge is 0.310 e. The van der Waals surface area contributed by atoms with Crippen LogP contribution in [0.5, 0.6) is 0 Å². The van der Waals surface area contributed by atoms with Gasteiger partial charge in [0.2, 0.25) is 0 Å². The molecule has 0 spiro atoms. The van der Waals surface area contributed by atoms with Crippen LogP contribution in [-0.4, -0.2) is 0 Å². The van der Waals surface area contributed by atoms with Gasteiger partial charge >= 0.3 is 0 Å². The molecule has 0 unspecified atom stereocenters. The molecule has 1 nitrogen and oxygen atoms in total. The zero-order chi connectivity index (χ0) is 38.8. The molecule has 0 amide bonds. The van der Waals surface area contributed by atoms with Crippen molar-refractivity contribution in [3.05, 3.63) is 223 Å². The van der Waals surface area contributed by atoms with E-state index in [0.29, 0.717) is 0 Å². The van der Waals surface area contributed by atoms with Crippen LogP contribution in [0.2, 0.25) is 0 Å². The summed E-state index contributed by atoms with van der Waals surface area (Å²) in [6.45, 7) is 4.73. The summed E-state index contributed by atoms with van der Waals surface area (Å²) >= 11 is 0. The summed E-state index contributed by atoms with van der Waals surface area (Å²) in [4.78, 5) is 2.47. The van der Waals surface area contributed by atoms with Crippen molar-refractivity contribution in [2.24, 2.45) is 0 Å². The predicted molar refractivity (Wildman–Crippen MR) is 248 cm³/mol. The third kappa shape index (κ3) is 5.46. The van der Waals surface area contributed by atoms with Crippen LogP contribution in [0.15, 0.2) is 212 Å². The van der Waals surface area contributed by atoms with Crippen LogP contribution in [0.1, 0.15) is 25.0 Å². The van der Waals surface area contributed by atoms with E-state index in [0.717, 1.165) is 17.1 Å². The second-order valence-electron chi connectivity index (χ2n) is 16.1. The van der Waals surface area contributed by atoms with Crippen molar-refractivity contribution in [1.29, 1.82) is 0 Å². The lowest BCUT2D eigenvalue weighted by atomic mass is 9.82. The number of hydrogen-bond acceptors (Lipinski definition) is 1. The standard InChI is InChI=1S/C57H41N/c1-57(2)54-25-11-10-21-51(54)52-34-32-44(37-55(52)57)58(43-30-26-41(27-31-43)46-22-12-18-38-16-6-8-19-45(38)46)56-35-29-42(36-53(56)39-14-4-3-5-15-39)48-23-13-24-49-47-20-9-7-17-40(47)28-33-50(48)49/h3-37H,1-2H3. The van der Waals surface area contributed by atoms with E-state index >= 15 is 0 Å². The monoisotopic (exact) mass is 739 g/mol. The van der Waals surface area contributed by atoms with Crippen LogP contribution in [0.4, 0.5) is 17.1 Å². The molecular weight excluding hydrogens is 699 g/mol. The van der Waals surface area contributed by atoms with Gasteiger partial charge < -0.3 is 4.90 Å². The molecule has 10 aromatic carbocycles. The Morgan fingerprint density at radius 3 is 1.71 bits per heavy atom. The van der Waals surface area contributed by atoms with E-state index in [2.05, 4.69) is 231 Å². The first kappa shape index (κ1) is 34.1. The molecule has 0 N–H and O–H groups in total. The Labute approximate surface area is 340 Å². The van der Waals surface area contributed by atoms with Crippen LogP contribution >= 0.6 is 0 Å². The molecule has 1 heteroatoms. The number of anilines is 3. The van der Waals surface area contributed by atoms with Crippen molar-refractivity contribution in [2.45, 2.75) is 19.3 Å². The topological polar surface area (TPSA) is 3.24 Å². The predicted octanol–water partition coefficient (Wildman–Crippen LogP) is 15.9. The van der Waals surface area contributed by atoms with Gasteiger partial charge in [-0.15, -0.1) is 0 Å². The van der Waals surface area contributed by atoms with E-state index < -0.39 is 0 Å². The Bertz CT molecular complexity index is 3180. The van der Waals surface area contributed by atoms with E-state index in [1.807, 2.05) is 0 Å². The molecule has 0 heterocycles. The fraction of sp³-hybridized carbons (Fsp3) is 0.0526. The summed E-state index contributed by atoms with van der Waals surface area (Å²) < 4.78 is 0. The number of nitrogens with zero attached hydrogens (tertiary/aromatic N) is 1. The lowest BCUT2D eigenvalue weighted by molar-refractivity contribution is 0.660. The van der Waals surface area contributed by atoms with Gasteiger partial charge in [0.1, 0.15) is 0 Å². The normalized spacial score (nSPS) is 12.8. The summed E-state index contributed by atoms with van der Waals surface area (Å²) in [5, 5.41) is 7.58. The molecule has 0 fully saturated rings. The Morgan fingerprint density at radius 1 is 0.310 bits per heavy atom. The molecule has 58 heavy (non-hydrogen) atoms. The Hall–Kier alpha value is -7.22. The minimum atomic E-state index is -0.128. The first-order valence-corrected chi connectivity index (χ1v) is 20.3. The number of fused-ring (bicyclic) bond motifs is 7. The molecule has 10 aromatic rings. The van der Waals surface area contributed by atoms with Crippen LogP contribution in [0.25, 0.3) is 76.8 Å². The second kappa shape index (κ2) is 13.5. The van der Waals surface area contributed by atoms with E-state index in [1.54, 1.807) is 0 Å². The molecule has 0 saturated heterocycles. The maximum Gasteiger partial charge on any atom is 0.0540 e. The van der Waals surface area contributed by atoms with Gasteiger partial charge in [-0.1, -0.05) is 190 Å². The third-order valence-corrected chi connectivity index (χ3v) is 12.5. The summed E-state index contributed by atoms with van der Waals surface area (Å²) in [5.41, 5.74) is 15.9. The summed E-state index contributed by atoms with van der Waals surface area (Å²) in [7, 11) is 0. The molecule has 0 aromatic heterocycles. The van der Waals surface area contributed by atoms with Crippen molar-refractivity contribution in [1.82, 2.24) is 0 Å². The highest BCUT2D eigenvalue weighted by Crippen LogP contribution is 2.52. The van der Waals surface area contributed by atoms with Gasteiger partial charge in [-0.2, -0.15) is 0 Å². The molecular formula is C57H41N. The minimum absolute atomic E-state index is 0.128. The third-order valence-electron chi connectivity index (χ3n) is 12.5. The first-order valence-electron chi connectivity index (χ1n) is 20.3. The van der Waals surface area contributed by atoms with Gasteiger partial charge in [0.25, 0.3) is 0 Å². The van der Waals surface area contributed by atoms with Crippen LogP contribution in [-0.2, 0) is 5.41 Å². The van der Waals surface area contributed by atoms with E-state index in [4.69, 9.17) is 0 Å². The number of hydrogen-bond donors (Lipinski definition) is 0. The van der Waals surface area contributed by atoms with Crippen molar-refractivity contribution < 1.29 is 0 Å². The van der Waals surface area contributed by atoms with Gasteiger partial charge in [0.05, 0.1) is 5.69 Å². The molecule has 1 aliphatic carbocycles. The lowest BCUT2D eigenvalue weighted by Gasteiger charge is -2.30. The lowest BCUT2D eigenvalue weighted by Crippen LogP contribution is -2.17. The summed E-state index contributed by atoms with van der Waals surface area (Å²) in [5.74, 6) is 0. The molecule has 1 aliphatic rings. The Kier molecular flexibility index (Phi) is 7.91. The summed E-state index contributed by atoms with van der Waals surface area (Å²) in [6.07, 6.45) is 0. The van der Waals surface area contributed by atoms with E-state index in [9.17, 15) is 0 Å². The zero-order valence-electron chi connectivity index (χ0n) is 32.7. The van der Waals surface area contributed by atoms with Crippen molar-refractivity contribution in [3.8, 4) is 44.5 Å². The second-order valence-corrected chi connectivity index (χ2v) is 16.1. The van der Waals surface area contributed by atoms with Gasteiger partial charge in [-0.3, -0.25) is 0 Å². The fourth-order valence-corrected chi connectivity index (χ4v) is 9.57. The minimum Gasteiger partial charge on any atom is -0.310 e. The highest BCUT2D eigenvalue weighted by Gasteiger charge is 2.36. The fourth-order valence-electron chi connectivity index (χ4n) is 9.57. The van der Waals surface area contributed by atoms with Crippen LogP contribution in [0, 0.1) is 0 Å². The van der Waals surface area contributed by atoms with E-state index in [1.165, 1.54) is 88.0 Å². The summed E-state index contributed by atoms with van der Waals surface area (Å²) in [6, 6.07) is 78.3. The molecule has 0 saturated carbocycles. The average Bonchev–Trinajstić information content (AvgIpc) is 3.52. The highest BCUT2D eigenvalue weighted by atomic mass is 15.1. The van der Waals surface area contributed by atoms with Gasteiger partial charge in [-0.25, -0.2) is 0 Å². The van der Waals surface area contributed by atoms with Gasteiger partial charge in [-0.05, 0) is 119 Å². The smallest absolute Gasteiger partial charge is 0.0540 e. The van der Waals surface area contributed by atoms with Crippen molar-refractivity contribution in [2.75, 3.05) is 4.90 Å². The van der Waals surface area contributed by atoms with Gasteiger partial charge in [0.15, 0.2) is 0 Å². The number of benzene rings is 10. The maximum absolute atomic E-state index is 2.47. The Morgan fingerprint density at radius 2 is 0.879 bits per heavy atom. The maximum atomic E-state index is 2.47. The Balaban J connectivity index is 1.12. The molecule has 274 valence electrons. The molecule has 0 radical (unpaired) electrons. The highest BCUT2D eigenvalue weighted by molar-refractivity contribution is 6.12. The van der Waals surface area contributed by atoms with E-state index in [-0.39, 0.29) is 5.41 Å². The van der Waals surface area contributed by atoms with Crippen LogP contribution < -0.4 is 4.90 Å². The van der Waals surface area contributed by atoms with Crippen LogP contribution in [0.3, 0.4) is 0 Å². The molecule has 0 bridgehead atoms. The van der Waals surface area contributed by atoms with Crippen molar-refractivity contribution in [3.63, 3.8) is 0 Å². The molecule has 11 rings (SSSR count). The molecule has 0 aliphatic heterocycles. The van der Waals surface area contributed by atoms with Gasteiger partial charge in [0, 0.05) is 22.4 Å². The first-order chi connectivity index (χ1) is 28.5. The number of rotatable bonds is 6.